The first-order valence-corrected chi connectivity index (χ1v) is 10.4. The summed E-state index contributed by atoms with van der Waals surface area (Å²) in [6.45, 7) is 7.86. The van der Waals surface area contributed by atoms with Crippen molar-refractivity contribution in [2.75, 3.05) is 32.0 Å². The van der Waals surface area contributed by atoms with E-state index in [1.807, 2.05) is 0 Å². The molecule has 2 heterocycles. The number of nitrogens with one attached hydrogen (secondary N) is 1. The molecule has 2 saturated heterocycles. The van der Waals surface area contributed by atoms with Gasteiger partial charge in [-0.2, -0.15) is 0 Å². The zero-order chi connectivity index (χ0) is 17.2. The molecular formula is C18H28N2O3S. The zero-order valence-corrected chi connectivity index (χ0v) is 15.4. The predicted octanol–water partition coefficient (Wildman–Crippen LogP) is 1.92. The van der Waals surface area contributed by atoms with Gasteiger partial charge in [0.2, 0.25) is 10.0 Å². The summed E-state index contributed by atoms with van der Waals surface area (Å²) in [7, 11) is -3.10. The molecule has 2 fully saturated rings. The molecule has 0 amide bonds. The largest absolute Gasteiger partial charge is 0.372 e. The van der Waals surface area contributed by atoms with Gasteiger partial charge in [0.1, 0.15) is 0 Å². The number of nitrogens with zero attached hydrogens (tertiary/aromatic N) is 1. The number of sulfonamides is 1. The first-order chi connectivity index (χ1) is 11.4. The summed E-state index contributed by atoms with van der Waals surface area (Å²) >= 11 is 0. The van der Waals surface area contributed by atoms with Gasteiger partial charge in [-0.05, 0) is 38.2 Å². The number of aryl methyl sites for hydroxylation is 1. The van der Waals surface area contributed by atoms with E-state index >= 15 is 0 Å². The molecule has 0 aromatic heterocycles. The van der Waals surface area contributed by atoms with E-state index in [9.17, 15) is 8.42 Å². The summed E-state index contributed by atoms with van der Waals surface area (Å²) in [6, 6.07) is 8.70. The molecule has 0 saturated carbocycles. The van der Waals surface area contributed by atoms with E-state index in [1.165, 1.54) is 11.1 Å². The van der Waals surface area contributed by atoms with Gasteiger partial charge in [-0.1, -0.05) is 29.8 Å². The first kappa shape index (κ1) is 17.9. The van der Waals surface area contributed by atoms with E-state index < -0.39 is 10.0 Å². The number of benzene rings is 1. The molecule has 134 valence electrons. The maximum Gasteiger partial charge on any atom is 0.211 e. The van der Waals surface area contributed by atoms with E-state index in [-0.39, 0.29) is 11.4 Å². The van der Waals surface area contributed by atoms with Gasteiger partial charge < -0.3 is 4.74 Å². The van der Waals surface area contributed by atoms with Crippen LogP contribution in [0.3, 0.4) is 0 Å². The lowest BCUT2D eigenvalue weighted by atomic mass is 9.83. The van der Waals surface area contributed by atoms with Gasteiger partial charge in [0.15, 0.2) is 0 Å². The van der Waals surface area contributed by atoms with E-state index in [1.54, 1.807) is 6.92 Å². The molecule has 5 nitrogen and oxygen atoms in total. The van der Waals surface area contributed by atoms with Crippen LogP contribution in [0.2, 0.25) is 0 Å². The maximum absolute atomic E-state index is 11.5. The Morgan fingerprint density at radius 2 is 2.00 bits per heavy atom. The van der Waals surface area contributed by atoms with Crippen LogP contribution in [0.5, 0.6) is 0 Å². The minimum atomic E-state index is -3.10. The number of hydrogen-bond acceptors (Lipinski definition) is 4. The minimum Gasteiger partial charge on any atom is -0.372 e. The van der Waals surface area contributed by atoms with Crippen molar-refractivity contribution in [1.29, 1.82) is 0 Å². The van der Waals surface area contributed by atoms with Crippen LogP contribution in [0.15, 0.2) is 24.3 Å². The lowest BCUT2D eigenvalue weighted by Crippen LogP contribution is -2.64. The summed E-state index contributed by atoms with van der Waals surface area (Å²) < 4.78 is 31.8. The van der Waals surface area contributed by atoms with Crippen LogP contribution in [0.4, 0.5) is 0 Å². The molecule has 0 radical (unpaired) electrons. The number of likely N-dealkylation sites (tertiary alicyclic amines) is 1. The average Bonchev–Trinajstić information content (AvgIpc) is 2.55. The normalized spacial score (nSPS) is 24.0. The monoisotopic (exact) mass is 352 g/mol. The van der Waals surface area contributed by atoms with E-state index in [2.05, 4.69) is 40.8 Å². The van der Waals surface area contributed by atoms with Crippen LogP contribution < -0.4 is 4.72 Å². The number of hydrogen-bond donors (Lipinski definition) is 1. The molecule has 1 aromatic rings. The van der Waals surface area contributed by atoms with E-state index in [0.29, 0.717) is 19.1 Å². The van der Waals surface area contributed by atoms with Crippen molar-refractivity contribution >= 4 is 10.0 Å². The van der Waals surface area contributed by atoms with Crippen LogP contribution in [-0.2, 0) is 21.3 Å². The molecule has 24 heavy (non-hydrogen) atoms. The highest BCUT2D eigenvalue weighted by atomic mass is 32.2. The van der Waals surface area contributed by atoms with Crippen molar-refractivity contribution in [1.82, 2.24) is 9.62 Å². The summed E-state index contributed by atoms with van der Waals surface area (Å²) in [4.78, 5) is 2.42. The third-order valence-corrected chi connectivity index (χ3v) is 6.52. The lowest BCUT2D eigenvalue weighted by molar-refractivity contribution is -0.181. The average molecular weight is 353 g/mol. The van der Waals surface area contributed by atoms with E-state index in [0.717, 1.165) is 32.5 Å². The third kappa shape index (κ3) is 4.36. The Kier molecular flexibility index (Phi) is 5.30. The van der Waals surface area contributed by atoms with Crippen molar-refractivity contribution in [3.63, 3.8) is 0 Å². The van der Waals surface area contributed by atoms with Crippen molar-refractivity contribution in [2.24, 2.45) is 5.92 Å². The van der Waals surface area contributed by atoms with Crippen LogP contribution in [-0.4, -0.2) is 50.9 Å². The second kappa shape index (κ2) is 7.12. The SMILES string of the molecule is CCS(=O)(=O)NC[C@@H]1CCC2(CN(Cc3ccc(C)cc3)C2)OC1. The molecule has 1 N–H and O–H groups in total. The maximum atomic E-state index is 11.5. The highest BCUT2D eigenvalue weighted by Gasteiger charge is 2.46. The fourth-order valence-corrected chi connectivity index (χ4v) is 4.20. The second-order valence-corrected chi connectivity index (χ2v) is 9.38. The quantitative estimate of drug-likeness (QED) is 0.850. The van der Waals surface area contributed by atoms with Crippen molar-refractivity contribution < 1.29 is 13.2 Å². The Bertz CT molecular complexity index is 641. The first-order valence-electron chi connectivity index (χ1n) is 8.79. The molecule has 3 rings (SSSR count). The molecule has 2 aliphatic heterocycles. The van der Waals surface area contributed by atoms with Crippen molar-refractivity contribution in [2.45, 2.75) is 38.8 Å². The highest BCUT2D eigenvalue weighted by molar-refractivity contribution is 7.89. The van der Waals surface area contributed by atoms with Crippen LogP contribution >= 0.6 is 0 Å². The molecule has 1 atom stereocenters. The Balaban J connectivity index is 1.41. The summed E-state index contributed by atoms with van der Waals surface area (Å²) in [5, 5.41) is 0. The topological polar surface area (TPSA) is 58.6 Å². The molecule has 1 spiro atoms. The lowest BCUT2D eigenvalue weighted by Gasteiger charge is -2.53. The van der Waals surface area contributed by atoms with Gasteiger partial charge in [-0.25, -0.2) is 13.1 Å². The fourth-order valence-electron chi connectivity index (χ4n) is 3.51. The number of ether oxygens (including phenoxy) is 1. The van der Waals surface area contributed by atoms with Crippen molar-refractivity contribution in [3.05, 3.63) is 35.4 Å². The van der Waals surface area contributed by atoms with Crippen molar-refractivity contribution in [3.8, 4) is 0 Å². The smallest absolute Gasteiger partial charge is 0.211 e. The number of rotatable bonds is 6. The van der Waals surface area contributed by atoms with Gasteiger partial charge in [0.05, 0.1) is 18.0 Å². The second-order valence-electron chi connectivity index (χ2n) is 7.28. The van der Waals surface area contributed by atoms with Crippen LogP contribution in [0.25, 0.3) is 0 Å². The van der Waals surface area contributed by atoms with Gasteiger partial charge in [-0.15, -0.1) is 0 Å². The van der Waals surface area contributed by atoms with Gasteiger partial charge >= 0.3 is 0 Å². The van der Waals surface area contributed by atoms with Gasteiger partial charge in [-0.3, -0.25) is 4.90 Å². The molecule has 0 bridgehead atoms. The Hall–Kier alpha value is -0.950. The molecule has 6 heteroatoms. The standard InChI is InChI=1S/C18H28N2O3S/c1-3-24(21,22)19-10-17-8-9-18(23-12-17)13-20(14-18)11-16-6-4-15(2)5-7-16/h4-7,17,19H,3,8-14H2,1-2H3/t17-/m0/s1. The predicted molar refractivity (Wildman–Crippen MR) is 95.3 cm³/mol. The zero-order valence-electron chi connectivity index (χ0n) is 14.6. The van der Waals surface area contributed by atoms with Crippen LogP contribution in [0, 0.1) is 12.8 Å². The Morgan fingerprint density at radius 3 is 2.58 bits per heavy atom. The van der Waals surface area contributed by atoms with E-state index in [4.69, 9.17) is 4.74 Å². The summed E-state index contributed by atoms with van der Waals surface area (Å²) in [5.74, 6) is 0.432. The highest BCUT2D eigenvalue weighted by Crippen LogP contribution is 2.36. The molecular weight excluding hydrogens is 324 g/mol. The Labute approximate surface area is 145 Å². The molecule has 1 aromatic carbocycles. The fraction of sp³-hybridized carbons (Fsp3) is 0.667. The summed E-state index contributed by atoms with van der Waals surface area (Å²) in [6.07, 6.45) is 2.06. The van der Waals surface area contributed by atoms with Crippen LogP contribution in [0.1, 0.15) is 30.9 Å². The molecule has 2 aliphatic rings. The van der Waals surface area contributed by atoms with Gasteiger partial charge in [0.25, 0.3) is 0 Å². The molecule has 0 aliphatic carbocycles. The summed E-state index contributed by atoms with van der Waals surface area (Å²) in [5.41, 5.74) is 2.64. The minimum absolute atomic E-state index is 0.00479. The van der Waals surface area contributed by atoms with Gasteiger partial charge in [0, 0.05) is 26.2 Å². The molecule has 0 unspecified atom stereocenters. The Morgan fingerprint density at radius 1 is 1.29 bits per heavy atom. The third-order valence-electron chi connectivity index (χ3n) is 5.16.